The molecule has 0 unspecified atom stereocenters. The van der Waals surface area contributed by atoms with Crippen LogP contribution in [0.5, 0.6) is 5.75 Å². The quantitative estimate of drug-likeness (QED) is 0.130. The van der Waals surface area contributed by atoms with E-state index in [0.29, 0.717) is 23.7 Å². The Kier molecular flexibility index (Phi) is 5.61. The normalized spacial score (nSPS) is 23.8. The number of imide groups is 1. The fraction of sp³-hybridized carbons (Fsp3) is 0.182. The minimum Gasteiger partial charge on any atom is -0.494 e. The molecular formula is C33H25N3O5. The minimum atomic E-state index is -1.05. The number of carbonyl (C=O) groups is 2. The van der Waals surface area contributed by atoms with Crippen LogP contribution < -0.4 is 9.64 Å². The van der Waals surface area contributed by atoms with Crippen LogP contribution in [0.2, 0.25) is 0 Å². The average Bonchev–Trinajstić information content (AvgIpc) is 3.27. The van der Waals surface area contributed by atoms with Gasteiger partial charge in [0.05, 0.1) is 40.2 Å². The molecular weight excluding hydrogens is 518 g/mol. The van der Waals surface area contributed by atoms with Crippen LogP contribution in [0.15, 0.2) is 102 Å². The predicted octanol–water partition coefficient (Wildman–Crippen LogP) is 5.95. The summed E-state index contributed by atoms with van der Waals surface area (Å²) in [4.78, 5) is 45.8. The first-order valence-electron chi connectivity index (χ1n) is 13.5. The molecule has 3 aliphatic carbocycles. The zero-order valence-electron chi connectivity index (χ0n) is 22.1. The molecule has 0 saturated carbocycles. The van der Waals surface area contributed by atoms with Gasteiger partial charge < -0.3 is 4.74 Å². The lowest BCUT2D eigenvalue weighted by molar-refractivity contribution is -0.384. The molecule has 8 rings (SSSR count). The Morgan fingerprint density at radius 2 is 1.56 bits per heavy atom. The van der Waals surface area contributed by atoms with Crippen molar-refractivity contribution in [2.75, 3.05) is 11.5 Å². The van der Waals surface area contributed by atoms with Gasteiger partial charge in [-0.2, -0.15) is 0 Å². The number of hydrogen-bond donors (Lipinski definition) is 0. The molecule has 0 spiro atoms. The highest BCUT2D eigenvalue weighted by molar-refractivity contribution is 6.25. The number of aliphatic imine (C=N–C) groups is 1. The van der Waals surface area contributed by atoms with Gasteiger partial charge in [0, 0.05) is 24.3 Å². The molecule has 2 amide bonds. The molecule has 1 heterocycles. The maximum absolute atomic E-state index is 14.5. The van der Waals surface area contributed by atoms with E-state index in [0.717, 1.165) is 22.3 Å². The third-order valence-corrected chi connectivity index (χ3v) is 8.55. The standard InChI is InChI=1S/C33H25N3O5/c1-2-41-23-16-14-21(15-17-23)35-31(37)29-28-24-10-3-5-12-26(24)33(30(29)32(35)38,27-13-6-4-11-25(27)28)19-34-20-8-7-9-22(18-20)36(39)40/h3-19,28-30H,2H2,1H3/t28?,29-,30-,33?/m0/s1. The van der Waals surface area contributed by atoms with Gasteiger partial charge in [0.25, 0.3) is 5.69 Å². The Morgan fingerprint density at radius 1 is 0.902 bits per heavy atom. The third-order valence-electron chi connectivity index (χ3n) is 8.55. The first-order valence-corrected chi connectivity index (χ1v) is 13.5. The monoisotopic (exact) mass is 543 g/mol. The number of carbonyl (C=O) groups excluding carboxylic acids is 2. The van der Waals surface area contributed by atoms with Crippen molar-refractivity contribution in [1.29, 1.82) is 0 Å². The molecule has 0 aromatic heterocycles. The van der Waals surface area contributed by atoms with Crippen LogP contribution in [0.4, 0.5) is 17.1 Å². The number of nitrogens with zero attached hydrogens (tertiary/aromatic N) is 3. The molecule has 1 aliphatic heterocycles. The van der Waals surface area contributed by atoms with E-state index in [-0.39, 0.29) is 23.4 Å². The second-order valence-electron chi connectivity index (χ2n) is 10.5. The molecule has 8 nitrogen and oxygen atoms in total. The number of rotatable bonds is 6. The molecule has 4 aromatic carbocycles. The van der Waals surface area contributed by atoms with E-state index in [2.05, 4.69) is 0 Å². The molecule has 8 heteroatoms. The number of non-ortho nitro benzene ring substituents is 1. The fourth-order valence-electron chi connectivity index (χ4n) is 7.03. The Labute approximate surface area is 236 Å². The highest BCUT2D eigenvalue weighted by Gasteiger charge is 2.67. The van der Waals surface area contributed by atoms with Gasteiger partial charge in [-0.05, 0) is 59.5 Å². The van der Waals surface area contributed by atoms with E-state index in [4.69, 9.17) is 9.73 Å². The highest BCUT2D eigenvalue weighted by atomic mass is 16.6. The number of anilines is 1. The molecule has 0 radical (unpaired) electrons. The summed E-state index contributed by atoms with van der Waals surface area (Å²) in [6.07, 6.45) is 1.74. The minimum absolute atomic E-state index is 0.0722. The highest BCUT2D eigenvalue weighted by Crippen LogP contribution is 2.63. The van der Waals surface area contributed by atoms with E-state index in [1.54, 1.807) is 42.6 Å². The van der Waals surface area contributed by atoms with Crippen molar-refractivity contribution >= 4 is 35.1 Å². The molecule has 1 saturated heterocycles. The average molecular weight is 544 g/mol. The van der Waals surface area contributed by atoms with Gasteiger partial charge in [0.15, 0.2) is 0 Å². The van der Waals surface area contributed by atoms with E-state index in [9.17, 15) is 19.7 Å². The summed E-state index contributed by atoms with van der Waals surface area (Å²) in [7, 11) is 0. The summed E-state index contributed by atoms with van der Waals surface area (Å²) in [5.41, 5.74) is 3.60. The Morgan fingerprint density at radius 3 is 2.20 bits per heavy atom. The lowest BCUT2D eigenvalue weighted by Crippen LogP contribution is -2.54. The van der Waals surface area contributed by atoms with E-state index in [1.165, 1.54) is 17.0 Å². The lowest BCUT2D eigenvalue weighted by Gasteiger charge is -2.52. The Balaban J connectivity index is 1.44. The van der Waals surface area contributed by atoms with Crippen LogP contribution in [-0.2, 0) is 15.0 Å². The summed E-state index contributed by atoms with van der Waals surface area (Å²) in [6.45, 7) is 2.40. The fourth-order valence-corrected chi connectivity index (χ4v) is 7.03. The zero-order valence-corrected chi connectivity index (χ0v) is 22.1. The molecule has 2 atom stereocenters. The van der Waals surface area contributed by atoms with Crippen molar-refractivity contribution in [3.05, 3.63) is 129 Å². The van der Waals surface area contributed by atoms with Crippen LogP contribution in [0.25, 0.3) is 0 Å². The van der Waals surface area contributed by atoms with Gasteiger partial charge in [0.2, 0.25) is 11.8 Å². The number of nitro groups is 1. The largest absolute Gasteiger partial charge is 0.494 e. The maximum atomic E-state index is 14.5. The first-order chi connectivity index (χ1) is 20.0. The predicted molar refractivity (Wildman–Crippen MR) is 154 cm³/mol. The van der Waals surface area contributed by atoms with Crippen LogP contribution >= 0.6 is 0 Å². The van der Waals surface area contributed by atoms with Crippen LogP contribution in [0.3, 0.4) is 0 Å². The first kappa shape index (κ1) is 24.9. The number of benzene rings is 4. The van der Waals surface area contributed by atoms with Crippen molar-refractivity contribution in [2.45, 2.75) is 18.3 Å². The smallest absolute Gasteiger partial charge is 0.271 e. The zero-order chi connectivity index (χ0) is 28.3. The van der Waals surface area contributed by atoms with E-state index >= 15 is 0 Å². The summed E-state index contributed by atoms with van der Waals surface area (Å²) in [5.74, 6) is -1.53. The summed E-state index contributed by atoms with van der Waals surface area (Å²) in [6, 6.07) is 28.9. The molecule has 2 bridgehead atoms. The number of amides is 2. The molecule has 4 aromatic rings. The van der Waals surface area contributed by atoms with Crippen molar-refractivity contribution in [2.24, 2.45) is 16.8 Å². The van der Waals surface area contributed by atoms with Crippen molar-refractivity contribution < 1.29 is 19.2 Å². The van der Waals surface area contributed by atoms with Crippen LogP contribution in [0.1, 0.15) is 35.1 Å². The summed E-state index contributed by atoms with van der Waals surface area (Å²) in [5, 5.41) is 11.4. The number of nitro benzene ring substituents is 1. The molecule has 4 aliphatic rings. The van der Waals surface area contributed by atoms with E-state index < -0.39 is 22.2 Å². The maximum Gasteiger partial charge on any atom is 0.271 e. The van der Waals surface area contributed by atoms with Crippen molar-refractivity contribution in [3.63, 3.8) is 0 Å². The van der Waals surface area contributed by atoms with Gasteiger partial charge >= 0.3 is 0 Å². The van der Waals surface area contributed by atoms with Gasteiger partial charge in [0.1, 0.15) is 5.75 Å². The SMILES string of the molecule is CCOc1ccc(N2C(=O)[C@@H]3[C@@H](C2=O)C2c4ccccc4C3(C=Nc3cccc([N+](=O)[O-])c3)c3ccccc32)cc1. The van der Waals surface area contributed by atoms with Crippen molar-refractivity contribution in [1.82, 2.24) is 0 Å². The van der Waals surface area contributed by atoms with E-state index in [1.807, 2.05) is 55.5 Å². The lowest BCUT2D eigenvalue weighted by atomic mass is 9.47. The van der Waals surface area contributed by atoms with Gasteiger partial charge in [-0.3, -0.25) is 24.7 Å². The van der Waals surface area contributed by atoms with Crippen LogP contribution in [0, 0.1) is 22.0 Å². The van der Waals surface area contributed by atoms with Gasteiger partial charge in [-0.25, -0.2) is 4.90 Å². The number of ether oxygens (including phenoxy) is 1. The van der Waals surface area contributed by atoms with Crippen molar-refractivity contribution in [3.8, 4) is 5.75 Å². The molecule has 1 fully saturated rings. The second kappa shape index (κ2) is 9.23. The Hall–Kier alpha value is -5.11. The van der Waals surface area contributed by atoms with Crippen LogP contribution in [-0.4, -0.2) is 29.6 Å². The summed E-state index contributed by atoms with van der Waals surface area (Å²) < 4.78 is 5.57. The Bertz CT molecular complexity index is 1720. The summed E-state index contributed by atoms with van der Waals surface area (Å²) >= 11 is 0. The molecule has 0 N–H and O–H groups in total. The number of hydrogen-bond acceptors (Lipinski definition) is 6. The van der Waals surface area contributed by atoms with Gasteiger partial charge in [-0.1, -0.05) is 54.6 Å². The van der Waals surface area contributed by atoms with Gasteiger partial charge in [-0.15, -0.1) is 0 Å². The molecule has 41 heavy (non-hydrogen) atoms. The topological polar surface area (TPSA) is 102 Å². The molecule has 202 valence electrons. The second-order valence-corrected chi connectivity index (χ2v) is 10.5. The third kappa shape index (κ3) is 3.50.